The Morgan fingerprint density at radius 1 is 0.381 bits per heavy atom. The molecule has 0 radical (unpaired) electrons. The van der Waals surface area contributed by atoms with Gasteiger partial charge in [-0.1, -0.05) is 60.7 Å². The fourth-order valence-electron chi connectivity index (χ4n) is 6.25. The highest BCUT2D eigenvalue weighted by Gasteiger charge is 2.22. The lowest BCUT2D eigenvalue weighted by molar-refractivity contribution is 0.224. The number of rotatable bonds is 4. The number of fused-ring (bicyclic) bond motifs is 11. The Balaban J connectivity index is 1.33. The zero-order valence-corrected chi connectivity index (χ0v) is 25.3. The van der Waals surface area contributed by atoms with Gasteiger partial charge in [0.1, 0.15) is 12.2 Å². The molecule has 6 heteroatoms. The Morgan fingerprint density at radius 3 is 1.14 bits per heavy atom. The molecule has 2 nitrogen and oxygen atoms in total. The van der Waals surface area contributed by atoms with Crippen molar-refractivity contribution in [3.05, 3.63) is 130 Å². The van der Waals surface area contributed by atoms with Crippen molar-refractivity contribution in [2.45, 2.75) is 12.2 Å². The van der Waals surface area contributed by atoms with Gasteiger partial charge in [0.2, 0.25) is 0 Å². The molecule has 2 unspecified atom stereocenters. The van der Waals surface area contributed by atoms with Gasteiger partial charge < -0.3 is 10.2 Å². The first kappa shape index (κ1) is 24.9. The lowest BCUT2D eigenvalue weighted by Gasteiger charge is -2.07. The molecule has 0 spiro atoms. The molecule has 42 heavy (non-hydrogen) atoms. The molecule has 0 fully saturated rings. The summed E-state index contributed by atoms with van der Waals surface area (Å²) in [7, 11) is 0. The van der Waals surface area contributed by atoms with E-state index in [9.17, 15) is 10.2 Å². The first-order chi connectivity index (χ1) is 20.6. The van der Waals surface area contributed by atoms with Crippen molar-refractivity contribution in [1.29, 1.82) is 0 Å². The van der Waals surface area contributed by atoms with E-state index in [4.69, 9.17) is 0 Å². The van der Waals surface area contributed by atoms with Crippen LogP contribution < -0.4 is 0 Å². The molecule has 9 rings (SSSR count). The molecular formula is C36H22O2S4. The van der Waals surface area contributed by atoms with Gasteiger partial charge in [-0.05, 0) is 59.7 Å². The second-order valence-electron chi connectivity index (χ2n) is 10.6. The highest BCUT2D eigenvalue weighted by atomic mass is 32.1. The Labute approximate surface area is 257 Å². The minimum atomic E-state index is -0.648. The number of benzene rings is 5. The summed E-state index contributed by atoms with van der Waals surface area (Å²) in [5.74, 6) is 0. The van der Waals surface area contributed by atoms with E-state index in [2.05, 4.69) is 48.5 Å². The van der Waals surface area contributed by atoms with Crippen LogP contribution in [0.25, 0.3) is 60.5 Å². The second kappa shape index (κ2) is 9.44. The van der Waals surface area contributed by atoms with E-state index in [1.807, 2.05) is 83.3 Å². The Hall–Kier alpha value is -3.62. The molecule has 0 aliphatic heterocycles. The van der Waals surface area contributed by atoms with Crippen LogP contribution in [0.1, 0.15) is 33.1 Å². The molecule has 2 N–H and O–H groups in total. The van der Waals surface area contributed by atoms with Crippen LogP contribution in [0.5, 0.6) is 0 Å². The predicted molar refractivity (Wildman–Crippen MR) is 184 cm³/mol. The maximum Gasteiger partial charge on any atom is 0.113 e. The van der Waals surface area contributed by atoms with Gasteiger partial charge in [-0.25, -0.2) is 0 Å². The van der Waals surface area contributed by atoms with Crippen molar-refractivity contribution in [3.63, 3.8) is 0 Å². The van der Waals surface area contributed by atoms with E-state index in [1.165, 1.54) is 60.5 Å². The zero-order chi connectivity index (χ0) is 27.9. The first-order valence-corrected chi connectivity index (χ1v) is 17.0. The van der Waals surface area contributed by atoms with Crippen molar-refractivity contribution in [3.8, 4) is 0 Å². The second-order valence-corrected chi connectivity index (χ2v) is 15.0. The van der Waals surface area contributed by atoms with E-state index in [0.717, 1.165) is 20.9 Å². The minimum Gasteiger partial charge on any atom is -0.383 e. The minimum absolute atomic E-state index is 0.648. The number of thiophene rings is 4. The van der Waals surface area contributed by atoms with E-state index >= 15 is 0 Å². The molecule has 0 bridgehead atoms. The lowest BCUT2D eigenvalue weighted by atomic mass is 10.0. The van der Waals surface area contributed by atoms with Crippen molar-refractivity contribution >= 4 is 106 Å². The molecule has 4 heterocycles. The van der Waals surface area contributed by atoms with Crippen LogP contribution in [-0.2, 0) is 0 Å². The highest BCUT2D eigenvalue weighted by Crippen LogP contribution is 2.50. The Bertz CT molecular complexity index is 2270. The van der Waals surface area contributed by atoms with Crippen LogP contribution in [-0.4, -0.2) is 10.2 Å². The first-order valence-electron chi connectivity index (χ1n) is 13.8. The molecule has 9 aromatic rings. The molecule has 0 aliphatic carbocycles. The molecule has 0 saturated heterocycles. The number of hydrogen-bond acceptors (Lipinski definition) is 6. The highest BCUT2D eigenvalue weighted by molar-refractivity contribution is 7.28. The largest absolute Gasteiger partial charge is 0.383 e. The molecule has 202 valence electrons. The van der Waals surface area contributed by atoms with Crippen molar-refractivity contribution < 1.29 is 10.2 Å². The molecular weight excluding hydrogens is 593 g/mol. The van der Waals surface area contributed by atoms with Gasteiger partial charge >= 0.3 is 0 Å². The van der Waals surface area contributed by atoms with Crippen LogP contribution in [0.2, 0.25) is 0 Å². The summed E-state index contributed by atoms with van der Waals surface area (Å²) >= 11 is 7.03. The van der Waals surface area contributed by atoms with Crippen LogP contribution >= 0.6 is 45.3 Å². The third kappa shape index (κ3) is 3.67. The van der Waals surface area contributed by atoms with Gasteiger partial charge in [0, 0.05) is 70.3 Å². The molecule has 2 atom stereocenters. The van der Waals surface area contributed by atoms with Crippen LogP contribution in [0.4, 0.5) is 0 Å². The molecule has 0 aliphatic rings. The van der Waals surface area contributed by atoms with Gasteiger partial charge in [0.25, 0.3) is 0 Å². The number of hydrogen-bond donors (Lipinski definition) is 2. The predicted octanol–water partition coefficient (Wildman–Crippen LogP) is 11.0. The maximum absolute atomic E-state index is 11.3. The summed E-state index contributed by atoms with van der Waals surface area (Å²) in [5, 5.41) is 30.1. The smallest absolute Gasteiger partial charge is 0.113 e. The van der Waals surface area contributed by atoms with Crippen molar-refractivity contribution in [1.82, 2.24) is 0 Å². The number of aliphatic hydroxyl groups excluding tert-OH is 2. The summed E-state index contributed by atoms with van der Waals surface area (Å²) in [6.45, 7) is 0. The van der Waals surface area contributed by atoms with Gasteiger partial charge in [-0.3, -0.25) is 0 Å². The fraction of sp³-hybridized carbons (Fsp3) is 0.0556. The monoisotopic (exact) mass is 614 g/mol. The van der Waals surface area contributed by atoms with Crippen LogP contribution in [0, 0.1) is 0 Å². The summed E-state index contributed by atoms with van der Waals surface area (Å²) < 4.78 is 7.46. The summed E-state index contributed by atoms with van der Waals surface area (Å²) in [6.07, 6.45) is -1.30. The van der Waals surface area contributed by atoms with Crippen molar-refractivity contribution in [2.24, 2.45) is 0 Å². The summed E-state index contributed by atoms with van der Waals surface area (Å²) in [5.41, 5.74) is 1.82. The average Bonchev–Trinajstić information content (AvgIpc) is 3.81. The number of aliphatic hydroxyl groups is 2. The third-order valence-electron chi connectivity index (χ3n) is 8.20. The van der Waals surface area contributed by atoms with Gasteiger partial charge in [-0.2, -0.15) is 0 Å². The lowest BCUT2D eigenvalue weighted by Crippen LogP contribution is -1.95. The summed E-state index contributed by atoms with van der Waals surface area (Å²) in [4.78, 5) is 1.93. The van der Waals surface area contributed by atoms with Gasteiger partial charge in [0.15, 0.2) is 0 Å². The molecule has 0 amide bonds. The quantitative estimate of drug-likeness (QED) is 0.207. The average molecular weight is 615 g/mol. The normalized spacial score (nSPS) is 13.8. The van der Waals surface area contributed by atoms with Gasteiger partial charge in [-0.15, -0.1) is 45.3 Å². The molecule has 5 aromatic carbocycles. The maximum atomic E-state index is 11.3. The van der Waals surface area contributed by atoms with Crippen LogP contribution in [0.15, 0.2) is 109 Å². The molecule has 4 aromatic heterocycles. The van der Waals surface area contributed by atoms with E-state index in [1.54, 1.807) is 22.7 Å². The van der Waals surface area contributed by atoms with Gasteiger partial charge in [0.05, 0.1) is 0 Å². The zero-order valence-electron chi connectivity index (χ0n) is 22.1. The molecule has 0 saturated carbocycles. The SMILES string of the molecule is OC(c1ccccc1)c1cc2c(ccc3sc4ccc5sc6ccc7sc(C(O)c8ccccc8)cc7c6c5c4c32)s1. The van der Waals surface area contributed by atoms with E-state index in [0.29, 0.717) is 0 Å². The topological polar surface area (TPSA) is 40.5 Å². The third-order valence-corrected chi connectivity index (χ3v) is 12.7. The van der Waals surface area contributed by atoms with Crippen molar-refractivity contribution in [2.75, 3.05) is 0 Å². The fourth-order valence-corrected chi connectivity index (χ4v) is 10.7. The van der Waals surface area contributed by atoms with E-state index < -0.39 is 12.2 Å². The van der Waals surface area contributed by atoms with E-state index in [-0.39, 0.29) is 0 Å². The Kier molecular flexibility index (Phi) is 5.61. The Morgan fingerprint density at radius 2 is 0.738 bits per heavy atom. The summed E-state index contributed by atoms with van der Waals surface area (Å²) in [6, 6.07) is 37.7. The van der Waals surface area contributed by atoms with Crippen LogP contribution in [0.3, 0.4) is 0 Å². The standard InChI is InChI=1S/C36H22O2S4/c37-35(19-7-3-1-4-8-19)29-17-21-23(39-29)11-13-25-31(21)33-27(41-25)15-16-28-34(33)32-22-18-30(36(38)20-9-5-2-6-10-20)40-24(22)12-14-26(32)42-28/h1-18,35-38H.